The van der Waals surface area contributed by atoms with Crippen LogP contribution in [0.15, 0.2) is 103 Å². The maximum Gasteiger partial charge on any atom is 0.306 e. The van der Waals surface area contributed by atoms with Gasteiger partial charge in [0.2, 0.25) is 5.91 Å². The van der Waals surface area contributed by atoms with Crippen molar-refractivity contribution < 1.29 is 29.6 Å². The molecule has 1 aliphatic carbocycles. The highest BCUT2D eigenvalue weighted by molar-refractivity contribution is 5.98. The molecule has 51 heavy (non-hydrogen) atoms. The number of rotatable bonds is 18. The Bertz CT molecular complexity index is 1710. The average Bonchev–Trinajstić information content (AvgIpc) is 3.42. The lowest BCUT2D eigenvalue weighted by Crippen LogP contribution is -2.27. The molecule has 9 heteroatoms. The first-order valence-electron chi connectivity index (χ1n) is 18.1. The minimum atomic E-state index is -0.563. The number of nitrogens with zero attached hydrogens (tertiary/aromatic N) is 1. The van der Waals surface area contributed by atoms with E-state index in [1.54, 1.807) is 12.4 Å². The van der Waals surface area contributed by atoms with Gasteiger partial charge in [0.15, 0.2) is 0 Å². The highest BCUT2D eigenvalue weighted by Crippen LogP contribution is 2.38. The van der Waals surface area contributed by atoms with Crippen molar-refractivity contribution in [3.8, 4) is 0 Å². The molecule has 1 aliphatic rings. The molecule has 5 rings (SSSR count). The molecule has 1 saturated carbocycles. The number of aliphatic hydroxyl groups excluding tert-OH is 3. The summed E-state index contributed by atoms with van der Waals surface area (Å²) in [5.74, 6) is -1.10. The number of aliphatic hydroxyl groups is 3. The van der Waals surface area contributed by atoms with Crippen LogP contribution >= 0.6 is 0 Å². The van der Waals surface area contributed by atoms with Crippen LogP contribution in [-0.4, -0.2) is 57.0 Å². The Hall–Kier alpha value is -4.41. The predicted octanol–water partition coefficient (Wildman–Crippen LogP) is 6.21. The molecule has 6 N–H and O–H groups in total. The third-order valence-corrected chi connectivity index (χ3v) is 10.0. The van der Waals surface area contributed by atoms with Crippen LogP contribution in [0.5, 0.6) is 0 Å². The SMILES string of the molecule is NCC(C(=O)Nc1ccc2cnccc2c1)c1ccc(COC(=O)CCCC=CC[C@@H]2[C@@H](CC[C@@H](O)CCc3ccccc3)[C@H](O)C[C@H]2O)cc1. The number of aromatic nitrogens is 1. The minimum absolute atomic E-state index is 0.0491. The number of nitrogens with two attached hydrogens (primary N) is 1. The Balaban J connectivity index is 0.983. The normalized spacial score (nSPS) is 20.0. The van der Waals surface area contributed by atoms with Gasteiger partial charge >= 0.3 is 5.97 Å². The van der Waals surface area contributed by atoms with Crippen molar-refractivity contribution in [2.75, 3.05) is 11.9 Å². The smallest absolute Gasteiger partial charge is 0.306 e. The first kappa shape index (κ1) is 37.8. The molecule has 0 aliphatic heterocycles. The van der Waals surface area contributed by atoms with Gasteiger partial charge in [-0.3, -0.25) is 14.6 Å². The van der Waals surface area contributed by atoms with E-state index < -0.39 is 24.2 Å². The molecule has 0 bridgehead atoms. The molecule has 0 spiro atoms. The van der Waals surface area contributed by atoms with Gasteiger partial charge in [0.05, 0.1) is 24.2 Å². The number of anilines is 1. The molecule has 0 radical (unpaired) electrons. The molecule has 9 nitrogen and oxygen atoms in total. The summed E-state index contributed by atoms with van der Waals surface area (Å²) in [6.45, 7) is 0.292. The van der Waals surface area contributed by atoms with E-state index in [0.717, 1.165) is 28.3 Å². The fourth-order valence-electron chi connectivity index (χ4n) is 7.02. The zero-order valence-electron chi connectivity index (χ0n) is 29.1. The van der Waals surface area contributed by atoms with E-state index >= 15 is 0 Å². The number of fused-ring (bicyclic) bond motifs is 1. The van der Waals surface area contributed by atoms with Gasteiger partial charge in [0.25, 0.3) is 0 Å². The lowest BCUT2D eigenvalue weighted by atomic mass is 9.85. The topological polar surface area (TPSA) is 155 Å². The van der Waals surface area contributed by atoms with Crippen molar-refractivity contribution in [2.24, 2.45) is 17.6 Å². The van der Waals surface area contributed by atoms with Crippen molar-refractivity contribution in [3.63, 3.8) is 0 Å². The fraction of sp³-hybridized carbons (Fsp3) is 0.405. The average molecular weight is 694 g/mol. The van der Waals surface area contributed by atoms with E-state index in [4.69, 9.17) is 10.5 Å². The van der Waals surface area contributed by atoms with Gasteiger partial charge in [-0.15, -0.1) is 0 Å². The zero-order valence-corrected chi connectivity index (χ0v) is 29.1. The summed E-state index contributed by atoms with van der Waals surface area (Å²) < 4.78 is 5.48. The van der Waals surface area contributed by atoms with Gasteiger partial charge in [-0.05, 0) is 103 Å². The molecule has 270 valence electrons. The summed E-state index contributed by atoms with van der Waals surface area (Å²) in [4.78, 5) is 29.6. The second kappa shape index (κ2) is 19.3. The third kappa shape index (κ3) is 11.3. The number of carbonyl (C=O) groups is 2. The largest absolute Gasteiger partial charge is 0.461 e. The van der Waals surface area contributed by atoms with Gasteiger partial charge in [-0.25, -0.2) is 0 Å². The monoisotopic (exact) mass is 693 g/mol. The number of hydrogen-bond acceptors (Lipinski definition) is 8. The number of carbonyl (C=O) groups excluding carboxylic acids is 2. The summed E-state index contributed by atoms with van der Waals surface area (Å²) in [5.41, 5.74) is 9.48. The Morgan fingerprint density at radius 1 is 0.922 bits per heavy atom. The molecule has 1 fully saturated rings. The summed E-state index contributed by atoms with van der Waals surface area (Å²) in [5, 5.41) is 36.7. The summed E-state index contributed by atoms with van der Waals surface area (Å²) >= 11 is 0. The van der Waals surface area contributed by atoms with Gasteiger partial charge in [-0.2, -0.15) is 0 Å². The van der Waals surface area contributed by atoms with Gasteiger partial charge < -0.3 is 31.1 Å². The molecule has 1 aromatic heterocycles. The molecule has 0 saturated heterocycles. The van der Waals surface area contributed by atoms with Crippen molar-refractivity contribution in [3.05, 3.63) is 120 Å². The Morgan fingerprint density at radius 2 is 1.71 bits per heavy atom. The van der Waals surface area contributed by atoms with E-state index in [1.807, 2.05) is 78.9 Å². The zero-order chi connectivity index (χ0) is 36.0. The number of amides is 1. The van der Waals surface area contributed by atoms with Crippen LogP contribution in [0.4, 0.5) is 5.69 Å². The van der Waals surface area contributed by atoms with Crippen LogP contribution in [0.2, 0.25) is 0 Å². The molecule has 1 amide bonds. The van der Waals surface area contributed by atoms with Crippen molar-refractivity contribution in [1.29, 1.82) is 0 Å². The van der Waals surface area contributed by atoms with Crippen LogP contribution < -0.4 is 11.1 Å². The Morgan fingerprint density at radius 3 is 2.49 bits per heavy atom. The standard InChI is InChI=1S/C42H51N3O6/c43-26-38(42(50)45-34-18-17-33-27-44-23-22-32(33)24-34)31-15-12-30(13-16-31)28-51-41(49)11-7-2-1-6-10-36-37(40(48)25-39(36)47)21-20-35(46)19-14-29-8-4-3-5-9-29/h1,3-6,8-9,12-13,15-18,22-24,27,35-40,46-48H,2,7,10-11,14,19-21,25-26,28,43H2,(H,45,50)/t35-,36+,37+,38?,39+,40+/m0/s1. The number of benzene rings is 3. The lowest BCUT2D eigenvalue weighted by Gasteiger charge is -2.23. The molecule has 6 atom stereocenters. The number of ether oxygens (including phenoxy) is 1. The van der Waals surface area contributed by atoms with Gasteiger partial charge in [-0.1, -0.05) is 72.8 Å². The van der Waals surface area contributed by atoms with Gasteiger partial charge in [0.1, 0.15) is 6.61 Å². The van der Waals surface area contributed by atoms with Crippen molar-refractivity contribution in [1.82, 2.24) is 4.98 Å². The van der Waals surface area contributed by atoms with E-state index in [0.29, 0.717) is 50.6 Å². The highest BCUT2D eigenvalue weighted by atomic mass is 16.5. The van der Waals surface area contributed by atoms with E-state index in [-0.39, 0.29) is 43.3 Å². The maximum absolute atomic E-state index is 13.1. The van der Waals surface area contributed by atoms with Gasteiger partial charge in [0, 0.05) is 36.4 Å². The third-order valence-electron chi connectivity index (χ3n) is 10.0. The lowest BCUT2D eigenvalue weighted by molar-refractivity contribution is -0.145. The quantitative estimate of drug-likeness (QED) is 0.0469. The van der Waals surface area contributed by atoms with Crippen LogP contribution in [0.1, 0.15) is 74.0 Å². The van der Waals surface area contributed by atoms with Crippen LogP contribution in [0.25, 0.3) is 10.8 Å². The van der Waals surface area contributed by atoms with Crippen molar-refractivity contribution >= 4 is 28.3 Å². The second-order valence-electron chi connectivity index (χ2n) is 13.7. The molecule has 1 heterocycles. The first-order chi connectivity index (χ1) is 24.8. The van der Waals surface area contributed by atoms with Crippen LogP contribution in [0.3, 0.4) is 0 Å². The molecular weight excluding hydrogens is 642 g/mol. The number of unbranched alkanes of at least 4 members (excludes halogenated alkanes) is 1. The van der Waals surface area contributed by atoms with E-state index in [9.17, 15) is 24.9 Å². The summed E-state index contributed by atoms with van der Waals surface area (Å²) in [6, 6.07) is 25.0. The highest BCUT2D eigenvalue weighted by Gasteiger charge is 2.40. The first-order valence-corrected chi connectivity index (χ1v) is 18.1. The second-order valence-corrected chi connectivity index (χ2v) is 13.7. The fourth-order valence-corrected chi connectivity index (χ4v) is 7.02. The molecular formula is C42H51N3O6. The van der Waals surface area contributed by atoms with Crippen LogP contribution in [0, 0.1) is 11.8 Å². The van der Waals surface area contributed by atoms with Crippen LogP contribution in [-0.2, 0) is 27.4 Å². The summed E-state index contributed by atoms with van der Waals surface area (Å²) in [7, 11) is 0. The predicted molar refractivity (Wildman–Crippen MR) is 200 cm³/mol. The van der Waals surface area contributed by atoms with Crippen molar-refractivity contribution in [2.45, 2.75) is 88.6 Å². The maximum atomic E-state index is 13.1. The van der Waals surface area contributed by atoms with E-state index in [1.165, 1.54) is 5.56 Å². The van der Waals surface area contributed by atoms with E-state index in [2.05, 4.69) is 22.4 Å². The minimum Gasteiger partial charge on any atom is -0.461 e. The number of nitrogens with one attached hydrogen (secondary N) is 1. The number of pyridine rings is 1. The number of aryl methyl sites for hydroxylation is 1. The Kier molecular flexibility index (Phi) is 14.3. The Labute approximate surface area is 300 Å². The summed E-state index contributed by atoms with van der Waals surface area (Å²) in [6.07, 6.45) is 11.4. The number of hydrogen-bond donors (Lipinski definition) is 5. The number of allylic oxidation sites excluding steroid dienone is 2. The number of esters is 1. The molecule has 4 aromatic rings. The molecule has 1 unspecified atom stereocenters. The molecule has 3 aromatic carbocycles.